The minimum absolute atomic E-state index is 0.265. The van der Waals surface area contributed by atoms with Gasteiger partial charge < -0.3 is 9.47 Å². The summed E-state index contributed by atoms with van der Waals surface area (Å²) >= 11 is 0. The van der Waals surface area contributed by atoms with Crippen LogP contribution in [0, 0.1) is 0 Å². The van der Waals surface area contributed by atoms with Gasteiger partial charge in [-0.25, -0.2) is 4.79 Å². The number of carbonyl (C=O) groups excluding carboxylic acids is 1. The molecule has 0 fully saturated rings. The molecule has 0 bridgehead atoms. The molecule has 0 aromatic heterocycles. The molecule has 1 rings (SSSR count). The summed E-state index contributed by atoms with van der Waals surface area (Å²) in [5.74, 6) is 0.400. The summed E-state index contributed by atoms with van der Waals surface area (Å²) < 4.78 is 10.6. The Kier molecular flexibility index (Phi) is 8.59. The van der Waals surface area contributed by atoms with Crippen LogP contribution in [0.1, 0.15) is 66.7 Å². The van der Waals surface area contributed by atoms with Crippen LogP contribution in [-0.2, 0) is 14.3 Å². The summed E-state index contributed by atoms with van der Waals surface area (Å²) in [6, 6.07) is 0. The van der Waals surface area contributed by atoms with Gasteiger partial charge in [0.15, 0.2) is 6.10 Å². The van der Waals surface area contributed by atoms with Crippen LogP contribution in [0.5, 0.6) is 0 Å². The summed E-state index contributed by atoms with van der Waals surface area (Å²) in [5, 5.41) is 0. The number of allylic oxidation sites excluding steroid dienone is 5. The van der Waals surface area contributed by atoms with Crippen molar-refractivity contribution in [2.45, 2.75) is 72.8 Å². The lowest BCUT2D eigenvalue weighted by Crippen LogP contribution is -2.11. The maximum absolute atomic E-state index is 11.6. The highest BCUT2D eigenvalue weighted by atomic mass is 16.6. The van der Waals surface area contributed by atoms with E-state index in [0.29, 0.717) is 17.8 Å². The molecule has 0 amide bonds. The molecule has 0 radical (unpaired) electrons. The number of hydrogen-bond donors (Lipinski definition) is 0. The van der Waals surface area contributed by atoms with Crippen LogP contribution in [0.4, 0.5) is 0 Å². The normalized spacial score (nSPS) is 18.8. The van der Waals surface area contributed by atoms with Crippen molar-refractivity contribution < 1.29 is 14.3 Å². The molecule has 1 heterocycles. The van der Waals surface area contributed by atoms with Crippen LogP contribution in [0.2, 0.25) is 0 Å². The zero-order valence-corrected chi connectivity index (χ0v) is 16.1. The summed E-state index contributed by atoms with van der Waals surface area (Å²) in [7, 11) is 1.59. The van der Waals surface area contributed by atoms with Gasteiger partial charge >= 0.3 is 5.97 Å². The first-order valence-corrected chi connectivity index (χ1v) is 8.75. The minimum Gasteiger partial charge on any atom is -0.497 e. The number of methoxy groups -OCH3 is 1. The zero-order chi connectivity index (χ0) is 18.1. The molecule has 1 unspecified atom stereocenters. The third kappa shape index (κ3) is 6.77. The molecule has 0 spiro atoms. The maximum atomic E-state index is 11.6. The quantitative estimate of drug-likeness (QED) is 0.405. The van der Waals surface area contributed by atoms with E-state index < -0.39 is 0 Å². The third-order valence-electron chi connectivity index (χ3n) is 4.24. The van der Waals surface area contributed by atoms with E-state index in [-0.39, 0.29) is 12.1 Å². The first-order valence-electron chi connectivity index (χ1n) is 8.75. The van der Waals surface area contributed by atoms with E-state index >= 15 is 0 Å². The number of hydrogen-bond acceptors (Lipinski definition) is 3. The van der Waals surface area contributed by atoms with Crippen molar-refractivity contribution in [2.75, 3.05) is 7.11 Å². The highest BCUT2D eigenvalue weighted by Crippen LogP contribution is 2.26. The van der Waals surface area contributed by atoms with Crippen molar-refractivity contribution in [3.05, 3.63) is 46.3 Å². The van der Waals surface area contributed by atoms with Gasteiger partial charge in [0, 0.05) is 6.42 Å². The van der Waals surface area contributed by atoms with Crippen LogP contribution >= 0.6 is 0 Å². The van der Waals surface area contributed by atoms with Crippen LogP contribution in [0.15, 0.2) is 46.3 Å². The van der Waals surface area contributed by atoms with Gasteiger partial charge in [-0.1, -0.05) is 34.9 Å². The van der Waals surface area contributed by atoms with Crippen LogP contribution in [0.3, 0.4) is 0 Å². The summed E-state index contributed by atoms with van der Waals surface area (Å²) in [6.07, 6.45) is 11.5. The van der Waals surface area contributed by atoms with Crippen molar-refractivity contribution in [1.29, 1.82) is 0 Å². The minimum atomic E-state index is -0.266. The molecule has 3 heteroatoms. The zero-order valence-electron chi connectivity index (χ0n) is 16.1. The van der Waals surface area contributed by atoms with Gasteiger partial charge in [0.05, 0.1) is 12.7 Å². The van der Waals surface area contributed by atoms with E-state index in [0.717, 1.165) is 25.7 Å². The van der Waals surface area contributed by atoms with E-state index in [1.54, 1.807) is 14.0 Å². The number of carbonyl (C=O) groups is 1. The van der Waals surface area contributed by atoms with Gasteiger partial charge in [0.25, 0.3) is 0 Å². The van der Waals surface area contributed by atoms with Gasteiger partial charge in [0.1, 0.15) is 5.76 Å². The lowest BCUT2D eigenvalue weighted by atomic mass is 10.0. The molecule has 1 atom stereocenters. The second kappa shape index (κ2) is 10.2. The Bertz CT molecular complexity index is 558. The number of ether oxygens (including phenoxy) is 2. The summed E-state index contributed by atoms with van der Waals surface area (Å²) in [5.41, 5.74) is 4.74. The van der Waals surface area contributed by atoms with Crippen LogP contribution < -0.4 is 0 Å². The summed E-state index contributed by atoms with van der Waals surface area (Å²) in [4.78, 5) is 11.6. The Balaban J connectivity index is 2.40. The largest absolute Gasteiger partial charge is 0.497 e. The molecular weight excluding hydrogens is 300 g/mol. The average Bonchev–Trinajstić information content (AvgIpc) is 2.79. The van der Waals surface area contributed by atoms with Crippen molar-refractivity contribution in [2.24, 2.45) is 0 Å². The molecule has 0 aromatic carbocycles. The van der Waals surface area contributed by atoms with Gasteiger partial charge in [-0.2, -0.15) is 0 Å². The van der Waals surface area contributed by atoms with Gasteiger partial charge in [-0.05, 0) is 60.3 Å². The molecule has 0 saturated carbocycles. The molecule has 0 aromatic rings. The Morgan fingerprint density at radius 3 is 2.21 bits per heavy atom. The predicted molar refractivity (Wildman–Crippen MR) is 99.6 cm³/mol. The fraction of sp³-hybridized carbons (Fsp3) is 0.571. The van der Waals surface area contributed by atoms with Gasteiger partial charge in [-0.3, -0.25) is 0 Å². The van der Waals surface area contributed by atoms with Crippen molar-refractivity contribution in [3.8, 4) is 0 Å². The fourth-order valence-corrected chi connectivity index (χ4v) is 2.70. The maximum Gasteiger partial charge on any atom is 0.338 e. The van der Waals surface area contributed by atoms with E-state index in [4.69, 9.17) is 9.47 Å². The standard InChI is InChI=1S/C21H32O3/c1-15(2)9-7-10-16(3)11-8-12-17(4)13-14-19-20(23-6)18(5)21(22)24-19/h9,11,13,19H,7-8,10,12,14H2,1-6H3/b16-11+,17-13+. The van der Waals surface area contributed by atoms with Crippen LogP contribution in [-0.4, -0.2) is 19.2 Å². The van der Waals surface area contributed by atoms with E-state index in [2.05, 4.69) is 45.9 Å². The van der Waals surface area contributed by atoms with Gasteiger partial charge in [0.2, 0.25) is 0 Å². The smallest absolute Gasteiger partial charge is 0.338 e. The van der Waals surface area contributed by atoms with E-state index in [9.17, 15) is 4.79 Å². The molecule has 0 aliphatic carbocycles. The average molecular weight is 332 g/mol. The highest BCUT2D eigenvalue weighted by molar-refractivity contribution is 5.91. The first kappa shape index (κ1) is 20.3. The topological polar surface area (TPSA) is 35.5 Å². The third-order valence-corrected chi connectivity index (χ3v) is 4.24. The monoisotopic (exact) mass is 332 g/mol. The lowest BCUT2D eigenvalue weighted by Gasteiger charge is -2.11. The Morgan fingerprint density at radius 1 is 1.04 bits per heavy atom. The molecular formula is C21H32O3. The molecule has 1 aliphatic rings. The molecule has 0 saturated heterocycles. The fourth-order valence-electron chi connectivity index (χ4n) is 2.70. The predicted octanol–water partition coefficient (Wildman–Crippen LogP) is 5.64. The second-order valence-electron chi connectivity index (χ2n) is 6.78. The van der Waals surface area contributed by atoms with Crippen molar-refractivity contribution in [3.63, 3.8) is 0 Å². The first-order chi connectivity index (χ1) is 11.3. The SMILES string of the molecule is COC1=C(C)C(=O)OC1C/C=C(\C)CC/C=C(\C)CCC=C(C)C. The molecule has 1 aliphatic heterocycles. The van der Waals surface area contributed by atoms with Crippen molar-refractivity contribution in [1.82, 2.24) is 0 Å². The van der Waals surface area contributed by atoms with Gasteiger partial charge in [-0.15, -0.1) is 0 Å². The highest BCUT2D eigenvalue weighted by Gasteiger charge is 2.31. The Morgan fingerprint density at radius 2 is 1.62 bits per heavy atom. The Hall–Kier alpha value is -1.77. The number of esters is 1. The van der Waals surface area contributed by atoms with E-state index in [1.165, 1.54) is 16.7 Å². The molecule has 3 nitrogen and oxygen atoms in total. The summed E-state index contributed by atoms with van der Waals surface area (Å²) in [6.45, 7) is 10.4. The number of cyclic esters (lactones) is 1. The van der Waals surface area contributed by atoms with E-state index in [1.807, 2.05) is 0 Å². The van der Waals surface area contributed by atoms with Crippen LogP contribution in [0.25, 0.3) is 0 Å². The lowest BCUT2D eigenvalue weighted by molar-refractivity contribution is -0.140. The second-order valence-corrected chi connectivity index (χ2v) is 6.78. The molecule has 0 N–H and O–H groups in total. The van der Waals surface area contributed by atoms with Crippen molar-refractivity contribution >= 4 is 5.97 Å². The molecule has 24 heavy (non-hydrogen) atoms. The Labute approximate surface area is 147 Å². The number of rotatable bonds is 9. The molecule has 134 valence electrons.